The van der Waals surface area contributed by atoms with Crippen LogP contribution in [-0.4, -0.2) is 82.3 Å². The number of nitrogens with zero attached hydrogens (tertiary/aromatic N) is 1. The van der Waals surface area contributed by atoms with Gasteiger partial charge < -0.3 is 33.3 Å². The lowest BCUT2D eigenvalue weighted by atomic mass is 10.0. The zero-order chi connectivity index (χ0) is 59.1. The van der Waals surface area contributed by atoms with Gasteiger partial charge in [0.05, 0.1) is 40.3 Å². The van der Waals surface area contributed by atoms with Crippen LogP contribution in [0.15, 0.2) is 122 Å². The Labute approximate surface area is 497 Å². The van der Waals surface area contributed by atoms with Crippen molar-refractivity contribution in [3.8, 4) is 0 Å². The number of carboxylic acid groups (broad SMARTS) is 1. The largest absolute Gasteiger partial charge is 0.545 e. The Kier molecular flexibility index (Phi) is 58.5. The summed E-state index contributed by atoms with van der Waals surface area (Å²) in [5.74, 6) is -2.30. The molecular formula is C72H121NO8. The molecule has 0 aromatic heterocycles. The molecule has 9 nitrogen and oxygen atoms in total. The van der Waals surface area contributed by atoms with Crippen molar-refractivity contribution in [1.82, 2.24) is 0 Å². The first-order valence-corrected chi connectivity index (χ1v) is 32.7. The number of likely N-dealkylation sites (N-methyl/N-ethyl adjacent to an activating group) is 1. The first kappa shape index (κ1) is 76.7. The van der Waals surface area contributed by atoms with Crippen LogP contribution in [0, 0.1) is 0 Å². The fourth-order valence-corrected chi connectivity index (χ4v) is 8.70. The number of quaternary nitrogens is 1. The molecule has 0 aromatic rings. The molecule has 0 heterocycles. The molecule has 81 heavy (non-hydrogen) atoms. The zero-order valence-corrected chi connectivity index (χ0v) is 52.6. The predicted octanol–water partition coefficient (Wildman–Crippen LogP) is 18.7. The van der Waals surface area contributed by atoms with Gasteiger partial charge in [-0.1, -0.05) is 257 Å². The van der Waals surface area contributed by atoms with Crippen LogP contribution < -0.4 is 5.11 Å². The Morgan fingerprint density at radius 2 is 0.704 bits per heavy atom. The topological polar surface area (TPSA) is 111 Å². The molecule has 0 aliphatic heterocycles. The van der Waals surface area contributed by atoms with Crippen molar-refractivity contribution in [3.05, 3.63) is 122 Å². The summed E-state index contributed by atoms with van der Waals surface area (Å²) in [5, 5.41) is 11.8. The average molecular weight is 1130 g/mol. The van der Waals surface area contributed by atoms with Crippen molar-refractivity contribution in [2.45, 2.75) is 270 Å². The van der Waals surface area contributed by atoms with Crippen molar-refractivity contribution in [2.24, 2.45) is 0 Å². The highest BCUT2D eigenvalue weighted by Crippen LogP contribution is 2.16. The molecule has 9 heteroatoms. The molecule has 0 aromatic carbocycles. The lowest BCUT2D eigenvalue weighted by Crippen LogP contribution is -2.44. The third-order valence-corrected chi connectivity index (χ3v) is 13.7. The number of rotatable bonds is 59. The molecule has 2 atom stereocenters. The summed E-state index contributed by atoms with van der Waals surface area (Å²) < 4.78 is 22.7. The van der Waals surface area contributed by atoms with E-state index in [1.165, 1.54) is 109 Å². The molecule has 0 bridgehead atoms. The summed E-state index contributed by atoms with van der Waals surface area (Å²) in [6, 6.07) is 0. The Morgan fingerprint density at radius 3 is 1.06 bits per heavy atom. The van der Waals surface area contributed by atoms with E-state index < -0.39 is 24.3 Å². The molecule has 2 unspecified atom stereocenters. The Hall–Kier alpha value is -4.31. The first-order valence-electron chi connectivity index (χ1n) is 32.7. The number of hydrogen-bond acceptors (Lipinski definition) is 8. The quantitative estimate of drug-likeness (QED) is 0.0195. The minimum absolute atomic E-state index is 0.142. The van der Waals surface area contributed by atoms with Gasteiger partial charge in [-0.3, -0.25) is 9.59 Å². The van der Waals surface area contributed by atoms with Gasteiger partial charge in [-0.05, 0) is 109 Å². The lowest BCUT2D eigenvalue weighted by molar-refractivity contribution is -0.870. The van der Waals surface area contributed by atoms with Crippen LogP contribution in [0.25, 0.3) is 0 Å². The monoisotopic (exact) mass is 1130 g/mol. The molecular weight excluding hydrogens is 1010 g/mol. The number of aliphatic carboxylic acids is 1. The molecule has 0 spiro atoms. The van der Waals surface area contributed by atoms with Crippen LogP contribution >= 0.6 is 0 Å². The van der Waals surface area contributed by atoms with E-state index in [-0.39, 0.29) is 38.6 Å². The van der Waals surface area contributed by atoms with E-state index in [1.807, 2.05) is 21.1 Å². The summed E-state index contributed by atoms with van der Waals surface area (Å²) in [7, 11) is 5.92. The minimum atomic E-state index is -1.63. The highest BCUT2D eigenvalue weighted by Gasteiger charge is 2.22. The molecule has 462 valence electrons. The number of carbonyl (C=O) groups excluding carboxylic acids is 3. The smallest absolute Gasteiger partial charge is 0.306 e. The highest BCUT2D eigenvalue weighted by atomic mass is 16.7. The molecule has 0 N–H and O–H groups in total. The van der Waals surface area contributed by atoms with E-state index in [0.29, 0.717) is 17.4 Å². The SMILES string of the molecule is CC/C=C\C/C=C\C/C=C\C/C=C\C/C=C\C/C=C\C/C=C\C/C=C\C/C=C\CCCCCCCCCCCCCC(=O)OC(COC(=O)CCCCCCCCC/C=C\CCCCCCCC)COC(OCC[N+](C)(C)C)C(=O)[O-]. The summed E-state index contributed by atoms with van der Waals surface area (Å²) in [5.41, 5.74) is 0. The zero-order valence-electron chi connectivity index (χ0n) is 52.6. The van der Waals surface area contributed by atoms with E-state index >= 15 is 0 Å². The number of unbranched alkanes of at least 4 members (excludes halogenated alkanes) is 24. The maximum Gasteiger partial charge on any atom is 0.306 e. The number of ether oxygens (including phenoxy) is 4. The highest BCUT2D eigenvalue weighted by molar-refractivity contribution is 5.70. The summed E-state index contributed by atoms with van der Waals surface area (Å²) >= 11 is 0. The molecule has 0 amide bonds. The Bertz CT molecular complexity index is 1740. The van der Waals surface area contributed by atoms with Crippen molar-refractivity contribution < 1.29 is 42.9 Å². The number of esters is 2. The molecule has 0 aliphatic carbocycles. The Morgan fingerprint density at radius 1 is 0.383 bits per heavy atom. The van der Waals surface area contributed by atoms with E-state index in [2.05, 4.69) is 135 Å². The molecule has 0 fully saturated rings. The molecule has 0 aliphatic rings. The van der Waals surface area contributed by atoms with Crippen molar-refractivity contribution >= 4 is 17.9 Å². The average Bonchev–Trinajstić information content (AvgIpc) is 3.44. The predicted molar refractivity (Wildman–Crippen MR) is 343 cm³/mol. The van der Waals surface area contributed by atoms with Crippen LogP contribution in [0.5, 0.6) is 0 Å². The second-order valence-electron chi connectivity index (χ2n) is 22.7. The third-order valence-electron chi connectivity index (χ3n) is 13.7. The lowest BCUT2D eigenvalue weighted by Gasteiger charge is -2.26. The van der Waals surface area contributed by atoms with Gasteiger partial charge >= 0.3 is 11.9 Å². The van der Waals surface area contributed by atoms with Crippen LogP contribution in [0.2, 0.25) is 0 Å². The van der Waals surface area contributed by atoms with E-state index in [1.54, 1.807) is 0 Å². The van der Waals surface area contributed by atoms with E-state index in [4.69, 9.17) is 18.9 Å². The van der Waals surface area contributed by atoms with Crippen LogP contribution in [0.1, 0.15) is 258 Å². The van der Waals surface area contributed by atoms with Gasteiger partial charge in [0.2, 0.25) is 0 Å². The van der Waals surface area contributed by atoms with Gasteiger partial charge in [-0.15, -0.1) is 0 Å². The second-order valence-corrected chi connectivity index (χ2v) is 22.7. The molecule has 0 saturated carbocycles. The van der Waals surface area contributed by atoms with E-state index in [9.17, 15) is 19.5 Å². The van der Waals surface area contributed by atoms with E-state index in [0.717, 1.165) is 116 Å². The standard InChI is InChI=1S/C72H121NO8/c1-6-8-10-12-14-16-18-20-22-24-25-26-27-28-29-30-31-32-33-34-35-36-37-38-39-40-41-42-43-44-45-47-49-51-53-55-57-59-61-63-70(75)81-68(67-80-72(71(76)77)78-65-64-73(3,4)5)66-79-69(74)62-60-58-56-54-52-50-48-46-23-21-19-17-15-13-11-9-7-2/h8,10,14,16,20-23,25-26,28-29,31-32,34-35,37-38,40-41,68,72H,6-7,9,11-13,15,17-19,24,27,30,33,36,39,42-67H2,1-5H3/b10-8-,16-14-,22-20-,23-21-,26-25-,29-28-,32-31-,35-34-,38-37-,41-40-. The number of carboxylic acids is 1. The number of allylic oxidation sites excluding steroid dienone is 20. The van der Waals surface area contributed by atoms with Gasteiger partial charge in [-0.2, -0.15) is 0 Å². The van der Waals surface area contributed by atoms with Gasteiger partial charge in [0.15, 0.2) is 12.4 Å². The summed E-state index contributed by atoms with van der Waals surface area (Å²) in [6.45, 7) is 4.62. The fraction of sp³-hybridized carbons (Fsp3) is 0.681. The fourth-order valence-electron chi connectivity index (χ4n) is 8.70. The Balaban J connectivity index is 4.14. The summed E-state index contributed by atoms with van der Waals surface area (Å²) in [6.07, 6.45) is 84.0. The van der Waals surface area contributed by atoms with Crippen molar-refractivity contribution in [1.29, 1.82) is 0 Å². The number of carbonyl (C=O) groups is 3. The molecule has 0 rings (SSSR count). The maximum atomic E-state index is 12.9. The van der Waals surface area contributed by atoms with Gasteiger partial charge in [0.1, 0.15) is 13.2 Å². The molecule has 0 radical (unpaired) electrons. The minimum Gasteiger partial charge on any atom is -0.545 e. The van der Waals surface area contributed by atoms with Crippen LogP contribution in [0.4, 0.5) is 0 Å². The van der Waals surface area contributed by atoms with Gasteiger partial charge in [0, 0.05) is 12.8 Å². The number of hydrogen-bond donors (Lipinski definition) is 0. The van der Waals surface area contributed by atoms with Gasteiger partial charge in [0.25, 0.3) is 0 Å². The second kappa shape index (κ2) is 61.8. The normalized spacial score (nSPS) is 13.5. The maximum absolute atomic E-state index is 12.9. The molecule has 0 saturated heterocycles. The van der Waals surface area contributed by atoms with Crippen molar-refractivity contribution in [3.63, 3.8) is 0 Å². The first-order chi connectivity index (χ1) is 39.6. The summed E-state index contributed by atoms with van der Waals surface area (Å²) in [4.78, 5) is 37.4. The van der Waals surface area contributed by atoms with Crippen LogP contribution in [-0.2, 0) is 33.3 Å². The van der Waals surface area contributed by atoms with Gasteiger partial charge in [-0.25, -0.2) is 0 Å². The third kappa shape index (κ3) is 63.1. The van der Waals surface area contributed by atoms with Crippen LogP contribution in [0.3, 0.4) is 0 Å². The van der Waals surface area contributed by atoms with Crippen molar-refractivity contribution in [2.75, 3.05) is 47.5 Å².